The monoisotopic (exact) mass is 407 g/mol. The minimum atomic E-state index is -6.01. The number of nitro groups is 1. The van der Waals surface area contributed by atoms with Crippen molar-refractivity contribution >= 4 is 23.1 Å². The van der Waals surface area contributed by atoms with Crippen molar-refractivity contribution in [1.82, 2.24) is 0 Å². The summed E-state index contributed by atoms with van der Waals surface area (Å²) in [5, 5.41) is 17.3. The Kier molecular flexibility index (Phi) is 5.80. The first-order valence-corrected chi connectivity index (χ1v) is 7.89. The van der Waals surface area contributed by atoms with Crippen LogP contribution in [0.4, 0.5) is 27.6 Å². The number of rotatable bonds is 5. The number of nitro benzene ring substituents is 1. The average Bonchev–Trinajstić information content (AvgIpc) is 2.60. The molecule has 0 saturated carbocycles. The Labute approximate surface area is 155 Å². The van der Waals surface area contributed by atoms with Gasteiger partial charge in [-0.3, -0.25) is 14.9 Å². The fourth-order valence-corrected chi connectivity index (χ4v) is 2.78. The SMILES string of the molecule is CCOC(=O)C1C(C)=NN=C(C(F)(F)C(F)(F)F)C1c1cccc([N+](=O)[O-])c1. The van der Waals surface area contributed by atoms with E-state index in [1.807, 2.05) is 0 Å². The van der Waals surface area contributed by atoms with E-state index in [0.29, 0.717) is 0 Å². The number of alkyl halides is 5. The molecule has 2 unspecified atom stereocenters. The summed E-state index contributed by atoms with van der Waals surface area (Å²) in [5.41, 5.74) is -2.75. The molecular formula is C16H14F5N3O4. The Balaban J connectivity index is 2.71. The summed E-state index contributed by atoms with van der Waals surface area (Å²) in [6, 6.07) is 4.06. The van der Waals surface area contributed by atoms with Crippen molar-refractivity contribution in [2.75, 3.05) is 6.61 Å². The van der Waals surface area contributed by atoms with Gasteiger partial charge in [-0.25, -0.2) is 0 Å². The normalized spacial score (nSPS) is 20.2. The predicted molar refractivity (Wildman–Crippen MR) is 87.5 cm³/mol. The number of carbonyl (C=O) groups excluding carboxylic acids is 1. The molecule has 1 aromatic rings. The number of halogens is 5. The molecule has 28 heavy (non-hydrogen) atoms. The van der Waals surface area contributed by atoms with Crippen LogP contribution in [0.3, 0.4) is 0 Å². The number of ether oxygens (including phenoxy) is 1. The van der Waals surface area contributed by atoms with Gasteiger partial charge in [0.1, 0.15) is 11.6 Å². The van der Waals surface area contributed by atoms with Crippen LogP contribution >= 0.6 is 0 Å². The predicted octanol–water partition coefficient (Wildman–Crippen LogP) is 3.89. The van der Waals surface area contributed by atoms with E-state index in [1.54, 1.807) is 0 Å². The van der Waals surface area contributed by atoms with Gasteiger partial charge in [0.05, 0.1) is 17.2 Å². The summed E-state index contributed by atoms with van der Waals surface area (Å²) in [5.74, 6) is -10.1. The number of esters is 1. The molecule has 0 N–H and O–H groups in total. The van der Waals surface area contributed by atoms with Gasteiger partial charge in [0.25, 0.3) is 5.69 Å². The molecule has 1 heterocycles. The molecule has 0 bridgehead atoms. The largest absolute Gasteiger partial charge is 0.465 e. The van der Waals surface area contributed by atoms with E-state index in [4.69, 9.17) is 4.74 Å². The van der Waals surface area contributed by atoms with Gasteiger partial charge >= 0.3 is 18.1 Å². The maximum absolute atomic E-state index is 14.1. The number of hydrogen-bond donors (Lipinski definition) is 0. The minimum Gasteiger partial charge on any atom is -0.465 e. The Bertz CT molecular complexity index is 851. The van der Waals surface area contributed by atoms with Crippen LogP contribution in [-0.4, -0.2) is 41.0 Å². The van der Waals surface area contributed by atoms with E-state index >= 15 is 0 Å². The first kappa shape index (κ1) is 21.4. The van der Waals surface area contributed by atoms with E-state index in [-0.39, 0.29) is 17.9 Å². The van der Waals surface area contributed by atoms with Crippen LogP contribution in [0, 0.1) is 16.0 Å². The lowest BCUT2D eigenvalue weighted by Gasteiger charge is -2.33. The van der Waals surface area contributed by atoms with Crippen LogP contribution in [0.1, 0.15) is 25.3 Å². The molecular weight excluding hydrogens is 393 g/mol. The summed E-state index contributed by atoms with van der Waals surface area (Å²) >= 11 is 0. The Morgan fingerprint density at radius 2 is 1.89 bits per heavy atom. The third-order valence-corrected chi connectivity index (χ3v) is 4.05. The van der Waals surface area contributed by atoms with Gasteiger partial charge in [-0.15, -0.1) is 0 Å². The highest BCUT2D eigenvalue weighted by atomic mass is 19.4. The Hall–Kier alpha value is -2.92. The average molecular weight is 407 g/mol. The van der Waals surface area contributed by atoms with Crippen molar-refractivity contribution in [1.29, 1.82) is 0 Å². The maximum Gasteiger partial charge on any atom is 0.459 e. The molecule has 1 aliphatic heterocycles. The van der Waals surface area contributed by atoms with Gasteiger partial charge in [0.2, 0.25) is 0 Å². The first-order chi connectivity index (χ1) is 12.9. The second-order valence-corrected chi connectivity index (χ2v) is 5.86. The van der Waals surface area contributed by atoms with Gasteiger partial charge in [0, 0.05) is 18.1 Å². The maximum atomic E-state index is 14.1. The summed E-state index contributed by atoms with van der Waals surface area (Å²) in [6.07, 6.45) is -6.01. The molecule has 0 amide bonds. The number of nitrogens with zero attached hydrogens (tertiary/aromatic N) is 3. The first-order valence-electron chi connectivity index (χ1n) is 7.89. The number of hydrogen-bond acceptors (Lipinski definition) is 6. The fourth-order valence-electron chi connectivity index (χ4n) is 2.78. The molecule has 0 aliphatic carbocycles. The van der Waals surface area contributed by atoms with E-state index < -0.39 is 46.2 Å². The smallest absolute Gasteiger partial charge is 0.459 e. The fraction of sp³-hybridized carbons (Fsp3) is 0.438. The lowest BCUT2D eigenvalue weighted by Crippen LogP contribution is -2.51. The second-order valence-electron chi connectivity index (χ2n) is 5.86. The third-order valence-electron chi connectivity index (χ3n) is 4.05. The molecule has 1 aromatic carbocycles. The molecule has 0 radical (unpaired) electrons. The molecule has 0 spiro atoms. The summed E-state index contributed by atoms with van der Waals surface area (Å²) in [7, 11) is 0. The lowest BCUT2D eigenvalue weighted by atomic mass is 9.77. The number of non-ortho nitro benzene ring substituents is 1. The van der Waals surface area contributed by atoms with E-state index in [0.717, 1.165) is 24.3 Å². The Morgan fingerprint density at radius 1 is 1.25 bits per heavy atom. The lowest BCUT2D eigenvalue weighted by molar-refractivity contribution is -0.384. The zero-order valence-corrected chi connectivity index (χ0v) is 14.5. The molecule has 2 rings (SSSR count). The van der Waals surface area contributed by atoms with Crippen molar-refractivity contribution in [3.05, 3.63) is 39.9 Å². The van der Waals surface area contributed by atoms with E-state index in [1.165, 1.54) is 13.8 Å². The Morgan fingerprint density at radius 3 is 2.43 bits per heavy atom. The number of benzene rings is 1. The van der Waals surface area contributed by atoms with Crippen LogP contribution in [0.5, 0.6) is 0 Å². The quantitative estimate of drug-likeness (QED) is 0.320. The molecule has 2 atom stereocenters. The number of carbonyl (C=O) groups is 1. The molecule has 7 nitrogen and oxygen atoms in total. The van der Waals surface area contributed by atoms with Gasteiger partial charge in [0.15, 0.2) is 0 Å². The van der Waals surface area contributed by atoms with Crippen LogP contribution in [0.25, 0.3) is 0 Å². The zero-order valence-electron chi connectivity index (χ0n) is 14.5. The highest BCUT2D eigenvalue weighted by Gasteiger charge is 2.65. The van der Waals surface area contributed by atoms with Gasteiger partial charge in [-0.05, 0) is 19.4 Å². The van der Waals surface area contributed by atoms with Crippen LogP contribution in [-0.2, 0) is 9.53 Å². The van der Waals surface area contributed by atoms with E-state index in [2.05, 4.69) is 10.2 Å². The summed E-state index contributed by atoms with van der Waals surface area (Å²) in [4.78, 5) is 22.5. The van der Waals surface area contributed by atoms with Gasteiger partial charge in [-0.1, -0.05) is 12.1 Å². The molecule has 1 aliphatic rings. The third kappa shape index (κ3) is 3.85. The molecule has 0 aromatic heterocycles. The van der Waals surface area contributed by atoms with Crippen molar-refractivity contribution in [2.24, 2.45) is 16.1 Å². The van der Waals surface area contributed by atoms with Gasteiger partial charge < -0.3 is 4.74 Å². The van der Waals surface area contributed by atoms with Crippen molar-refractivity contribution in [2.45, 2.75) is 31.9 Å². The standard InChI is InChI=1S/C16H14F5N3O4/c1-3-28-14(25)11-8(2)22-23-13(15(17,18)16(19,20)21)12(11)9-5-4-6-10(7-9)24(26)27/h4-7,11-12H,3H2,1-2H3. The highest BCUT2D eigenvalue weighted by Crippen LogP contribution is 2.45. The topological polar surface area (TPSA) is 94.2 Å². The summed E-state index contributed by atoms with van der Waals surface area (Å²) in [6.45, 7) is 2.49. The van der Waals surface area contributed by atoms with Crippen molar-refractivity contribution in [3.8, 4) is 0 Å². The van der Waals surface area contributed by atoms with Crippen LogP contribution < -0.4 is 0 Å². The zero-order chi connectivity index (χ0) is 21.3. The van der Waals surface area contributed by atoms with Crippen LogP contribution in [0.15, 0.2) is 34.5 Å². The van der Waals surface area contributed by atoms with Crippen molar-refractivity contribution < 1.29 is 36.4 Å². The van der Waals surface area contributed by atoms with Gasteiger partial charge in [-0.2, -0.15) is 32.2 Å². The molecule has 152 valence electrons. The summed E-state index contributed by atoms with van der Waals surface area (Å²) < 4.78 is 72.0. The van der Waals surface area contributed by atoms with E-state index in [9.17, 15) is 36.9 Å². The second kappa shape index (κ2) is 7.60. The molecule has 12 heteroatoms. The molecule has 0 fully saturated rings. The minimum absolute atomic E-state index is 0.156. The molecule has 0 saturated heterocycles. The van der Waals surface area contributed by atoms with Crippen LogP contribution in [0.2, 0.25) is 0 Å². The highest BCUT2D eigenvalue weighted by molar-refractivity contribution is 6.12. The van der Waals surface area contributed by atoms with Crippen molar-refractivity contribution in [3.63, 3.8) is 0 Å².